The van der Waals surface area contributed by atoms with Crippen molar-refractivity contribution in [3.05, 3.63) is 47.9 Å². The van der Waals surface area contributed by atoms with Crippen molar-refractivity contribution in [1.82, 2.24) is 10.1 Å². The zero-order valence-corrected chi connectivity index (χ0v) is 13.1. The number of carbonyl (C=O) groups is 1. The average Bonchev–Trinajstić information content (AvgIpc) is 3.19. The molecule has 0 spiro atoms. The van der Waals surface area contributed by atoms with Crippen LogP contribution in [0.4, 0.5) is 0 Å². The Morgan fingerprint density at radius 3 is 2.50 bits per heavy atom. The SMILES string of the molecule is COc1ccc(C2(C(=O)N(C)[C@@H](C)c3ccon3)CC2)cc1. The number of carbonyl (C=O) groups excluding carboxylic acids is 1. The van der Waals surface area contributed by atoms with Crippen LogP contribution in [0.5, 0.6) is 5.75 Å². The molecule has 3 rings (SSSR count). The first-order valence-corrected chi connectivity index (χ1v) is 7.40. The third-order valence-electron chi connectivity index (χ3n) is 4.59. The summed E-state index contributed by atoms with van der Waals surface area (Å²) in [6.45, 7) is 1.96. The molecule has 1 saturated carbocycles. The van der Waals surface area contributed by atoms with Crippen molar-refractivity contribution in [2.45, 2.75) is 31.2 Å². The lowest BCUT2D eigenvalue weighted by Gasteiger charge is -2.28. The van der Waals surface area contributed by atoms with Crippen molar-refractivity contribution in [3.8, 4) is 5.75 Å². The van der Waals surface area contributed by atoms with Crippen LogP contribution in [-0.4, -0.2) is 30.1 Å². The molecule has 22 heavy (non-hydrogen) atoms. The second-order valence-electron chi connectivity index (χ2n) is 5.83. The summed E-state index contributed by atoms with van der Waals surface area (Å²) in [6, 6.07) is 9.47. The highest BCUT2D eigenvalue weighted by molar-refractivity contribution is 5.91. The van der Waals surface area contributed by atoms with Crippen LogP contribution in [0.15, 0.2) is 41.1 Å². The minimum Gasteiger partial charge on any atom is -0.497 e. The van der Waals surface area contributed by atoms with E-state index >= 15 is 0 Å². The first-order valence-electron chi connectivity index (χ1n) is 7.40. The number of hydrogen-bond donors (Lipinski definition) is 0. The van der Waals surface area contributed by atoms with Gasteiger partial charge in [0.2, 0.25) is 5.91 Å². The minimum absolute atomic E-state index is 0.109. The molecule has 1 amide bonds. The summed E-state index contributed by atoms with van der Waals surface area (Å²) in [6.07, 6.45) is 3.29. The third kappa shape index (κ3) is 2.36. The van der Waals surface area contributed by atoms with E-state index in [1.54, 1.807) is 18.1 Å². The molecule has 1 aromatic heterocycles. The average molecular weight is 300 g/mol. The van der Waals surface area contributed by atoms with Gasteiger partial charge in [-0.2, -0.15) is 0 Å². The number of hydrogen-bond acceptors (Lipinski definition) is 4. The number of ether oxygens (including phenoxy) is 1. The van der Waals surface area contributed by atoms with Crippen molar-refractivity contribution < 1.29 is 14.1 Å². The van der Waals surface area contributed by atoms with Crippen molar-refractivity contribution in [3.63, 3.8) is 0 Å². The van der Waals surface area contributed by atoms with Gasteiger partial charge in [0.25, 0.3) is 0 Å². The first kappa shape index (κ1) is 14.6. The molecule has 1 aromatic carbocycles. The van der Waals surface area contributed by atoms with E-state index in [1.165, 1.54) is 6.26 Å². The van der Waals surface area contributed by atoms with E-state index < -0.39 is 0 Å². The molecular formula is C17H20N2O3. The van der Waals surface area contributed by atoms with Crippen molar-refractivity contribution in [2.75, 3.05) is 14.2 Å². The Morgan fingerprint density at radius 1 is 1.32 bits per heavy atom. The van der Waals surface area contributed by atoms with Crippen molar-refractivity contribution in [2.24, 2.45) is 0 Å². The zero-order valence-electron chi connectivity index (χ0n) is 13.1. The topological polar surface area (TPSA) is 55.6 Å². The normalized spacial score (nSPS) is 16.9. The predicted molar refractivity (Wildman–Crippen MR) is 81.6 cm³/mol. The maximum atomic E-state index is 13.0. The summed E-state index contributed by atoms with van der Waals surface area (Å²) >= 11 is 0. The third-order valence-corrected chi connectivity index (χ3v) is 4.59. The van der Waals surface area contributed by atoms with E-state index in [4.69, 9.17) is 9.26 Å². The summed E-state index contributed by atoms with van der Waals surface area (Å²) in [5.74, 6) is 0.935. The molecule has 1 atom stereocenters. The van der Waals surface area contributed by atoms with Crippen molar-refractivity contribution >= 4 is 5.91 Å². The van der Waals surface area contributed by atoms with Gasteiger partial charge in [-0.25, -0.2) is 0 Å². The maximum absolute atomic E-state index is 13.0. The Balaban J connectivity index is 1.81. The predicted octanol–water partition coefficient (Wildman–Crippen LogP) is 2.93. The smallest absolute Gasteiger partial charge is 0.233 e. The molecular weight excluding hydrogens is 280 g/mol. The van der Waals surface area contributed by atoms with Crippen LogP contribution in [0.3, 0.4) is 0 Å². The Bertz CT molecular complexity index is 645. The Kier molecular flexibility index (Phi) is 3.64. The van der Waals surface area contributed by atoms with Crippen LogP contribution < -0.4 is 4.74 Å². The molecule has 0 saturated heterocycles. The quantitative estimate of drug-likeness (QED) is 0.852. The molecule has 0 unspecified atom stereocenters. The number of benzene rings is 1. The van der Waals surface area contributed by atoms with Crippen LogP contribution in [0, 0.1) is 0 Å². The molecule has 1 aliphatic rings. The van der Waals surface area contributed by atoms with Gasteiger partial charge in [0.1, 0.15) is 17.7 Å². The molecule has 5 heteroatoms. The molecule has 5 nitrogen and oxygen atoms in total. The van der Waals surface area contributed by atoms with Crippen LogP contribution in [0.1, 0.15) is 37.1 Å². The molecule has 116 valence electrons. The summed E-state index contributed by atoms with van der Waals surface area (Å²) in [5, 5.41) is 3.93. The number of nitrogens with zero attached hydrogens (tertiary/aromatic N) is 2. The standard InChI is InChI=1S/C17H20N2O3/c1-12(15-8-11-22-18-15)19(2)16(20)17(9-10-17)13-4-6-14(21-3)7-5-13/h4-8,11-12H,9-10H2,1-3H3/t12-/m0/s1. The van der Waals surface area contributed by atoms with E-state index in [9.17, 15) is 4.79 Å². The highest BCUT2D eigenvalue weighted by atomic mass is 16.5. The van der Waals surface area contributed by atoms with Gasteiger partial charge in [-0.05, 0) is 37.5 Å². The molecule has 0 bridgehead atoms. The fraction of sp³-hybridized carbons (Fsp3) is 0.412. The number of amides is 1. The Hall–Kier alpha value is -2.30. The van der Waals surface area contributed by atoms with Gasteiger partial charge in [0.15, 0.2) is 0 Å². The van der Waals surface area contributed by atoms with Crippen LogP contribution >= 0.6 is 0 Å². The second-order valence-corrected chi connectivity index (χ2v) is 5.83. The van der Waals surface area contributed by atoms with Gasteiger partial charge in [-0.15, -0.1) is 0 Å². The highest BCUT2D eigenvalue weighted by Crippen LogP contribution is 2.50. The Labute approximate surface area is 129 Å². The summed E-state index contributed by atoms with van der Waals surface area (Å²) < 4.78 is 10.1. The summed E-state index contributed by atoms with van der Waals surface area (Å²) in [4.78, 5) is 14.7. The van der Waals surface area contributed by atoms with E-state index in [2.05, 4.69) is 5.16 Å². The fourth-order valence-corrected chi connectivity index (χ4v) is 2.81. The Morgan fingerprint density at radius 2 is 2.00 bits per heavy atom. The van der Waals surface area contributed by atoms with Gasteiger partial charge in [-0.3, -0.25) is 4.79 Å². The van der Waals surface area contributed by atoms with Gasteiger partial charge < -0.3 is 14.2 Å². The maximum Gasteiger partial charge on any atom is 0.233 e. The highest BCUT2D eigenvalue weighted by Gasteiger charge is 2.53. The lowest BCUT2D eigenvalue weighted by atomic mass is 9.93. The molecule has 0 radical (unpaired) electrons. The van der Waals surface area contributed by atoms with Gasteiger partial charge in [-0.1, -0.05) is 17.3 Å². The van der Waals surface area contributed by atoms with E-state index in [0.717, 1.165) is 29.8 Å². The van der Waals surface area contributed by atoms with Gasteiger partial charge >= 0.3 is 0 Å². The number of methoxy groups -OCH3 is 1. The minimum atomic E-state index is -0.390. The zero-order chi connectivity index (χ0) is 15.7. The largest absolute Gasteiger partial charge is 0.497 e. The molecule has 1 aliphatic carbocycles. The summed E-state index contributed by atoms with van der Waals surface area (Å²) in [5.41, 5.74) is 1.43. The molecule has 2 aromatic rings. The number of rotatable bonds is 5. The molecule has 0 N–H and O–H groups in total. The van der Waals surface area contributed by atoms with E-state index in [0.29, 0.717) is 0 Å². The van der Waals surface area contributed by atoms with Gasteiger partial charge in [0.05, 0.1) is 18.6 Å². The van der Waals surface area contributed by atoms with Crippen LogP contribution in [-0.2, 0) is 10.2 Å². The molecule has 1 fully saturated rings. The van der Waals surface area contributed by atoms with Crippen LogP contribution in [0.2, 0.25) is 0 Å². The lowest BCUT2D eigenvalue weighted by molar-refractivity contribution is -0.134. The monoisotopic (exact) mass is 300 g/mol. The molecule has 0 aliphatic heterocycles. The summed E-state index contributed by atoms with van der Waals surface area (Å²) in [7, 11) is 3.46. The number of aromatic nitrogens is 1. The van der Waals surface area contributed by atoms with Crippen LogP contribution in [0.25, 0.3) is 0 Å². The van der Waals surface area contributed by atoms with E-state index in [-0.39, 0.29) is 17.4 Å². The van der Waals surface area contributed by atoms with Crippen molar-refractivity contribution in [1.29, 1.82) is 0 Å². The fourth-order valence-electron chi connectivity index (χ4n) is 2.81. The van der Waals surface area contributed by atoms with Gasteiger partial charge in [0, 0.05) is 13.1 Å². The first-order chi connectivity index (χ1) is 10.6. The number of likely N-dealkylation sites (N-methyl/N-ethyl adjacent to an activating group) is 1. The van der Waals surface area contributed by atoms with E-state index in [1.807, 2.05) is 38.2 Å². The lowest BCUT2D eigenvalue weighted by Crippen LogP contribution is -2.38. The second kappa shape index (κ2) is 5.48. The molecule has 1 heterocycles.